The molecule has 1 aromatic carbocycles. The maximum Gasteiger partial charge on any atom is 0.326 e. The molecular weight excluding hydrogens is 536 g/mol. The molecule has 2 amide bonds. The Kier molecular flexibility index (Phi) is 7.01. The van der Waals surface area contributed by atoms with Crippen molar-refractivity contribution in [3.8, 4) is 17.1 Å². The quantitative estimate of drug-likeness (QED) is 0.365. The van der Waals surface area contributed by atoms with Crippen LogP contribution in [0.5, 0.6) is 5.75 Å². The number of thiocarbonyl (C=S) groups is 1. The van der Waals surface area contributed by atoms with Crippen molar-refractivity contribution in [1.82, 2.24) is 9.80 Å². The van der Waals surface area contributed by atoms with Crippen molar-refractivity contribution in [3.05, 3.63) is 46.6 Å². The number of carboxylic acids is 1. The highest BCUT2D eigenvalue weighted by Crippen LogP contribution is 2.49. The largest absolute Gasteiger partial charge is 0.496 e. The number of fused-ring (bicyclic) bond motifs is 2. The molecule has 2 aliphatic heterocycles. The minimum absolute atomic E-state index is 0.0488. The number of nitrogens with zero attached hydrogens (tertiary/aromatic N) is 2. The third-order valence-corrected chi connectivity index (χ3v) is 9.85. The molecule has 2 bridgehead atoms. The van der Waals surface area contributed by atoms with Crippen LogP contribution in [-0.4, -0.2) is 62.7 Å². The first-order chi connectivity index (χ1) is 18.8. The smallest absolute Gasteiger partial charge is 0.326 e. The van der Waals surface area contributed by atoms with Crippen LogP contribution in [-0.2, 0) is 9.59 Å². The number of hydrogen-bond acceptors (Lipinski definition) is 7. The highest BCUT2D eigenvalue weighted by atomic mass is 32.2. The van der Waals surface area contributed by atoms with E-state index in [1.807, 2.05) is 4.90 Å². The first-order valence-corrected chi connectivity index (χ1v) is 14.7. The normalized spacial score (nSPS) is 27.6. The van der Waals surface area contributed by atoms with E-state index >= 15 is 0 Å². The van der Waals surface area contributed by atoms with E-state index in [1.165, 1.54) is 43.0 Å². The molecule has 1 aromatic heterocycles. The maximum atomic E-state index is 13.5. The van der Waals surface area contributed by atoms with Crippen LogP contribution in [0.2, 0.25) is 0 Å². The number of likely N-dealkylation sites (tertiary alicyclic amines) is 1. The van der Waals surface area contributed by atoms with Gasteiger partial charge in [-0.3, -0.25) is 14.5 Å². The van der Waals surface area contributed by atoms with Crippen molar-refractivity contribution in [2.45, 2.75) is 57.0 Å². The number of methoxy groups -OCH3 is 1. The number of furan rings is 1. The van der Waals surface area contributed by atoms with Gasteiger partial charge in [0.25, 0.3) is 11.8 Å². The highest BCUT2D eigenvalue weighted by molar-refractivity contribution is 8.26. The summed E-state index contributed by atoms with van der Waals surface area (Å²) >= 11 is 6.92. The first-order valence-electron chi connectivity index (χ1n) is 13.4. The second kappa shape index (κ2) is 10.5. The van der Waals surface area contributed by atoms with Gasteiger partial charge in [0.1, 0.15) is 27.6 Å². The number of amides is 2. The lowest BCUT2D eigenvalue weighted by Crippen LogP contribution is -2.48. The molecule has 2 saturated heterocycles. The lowest BCUT2D eigenvalue weighted by Gasteiger charge is -2.33. The molecule has 8 nitrogen and oxygen atoms in total. The molecule has 2 unspecified atom stereocenters. The molecule has 3 heterocycles. The lowest BCUT2D eigenvalue weighted by molar-refractivity contribution is -0.143. The molecule has 2 aliphatic carbocycles. The summed E-state index contributed by atoms with van der Waals surface area (Å²) in [4.78, 5) is 42.3. The zero-order valence-electron chi connectivity index (χ0n) is 21.6. The molecule has 0 radical (unpaired) electrons. The average molecular weight is 567 g/mol. The van der Waals surface area contributed by atoms with E-state index < -0.39 is 12.0 Å². The molecule has 10 heteroatoms. The first kappa shape index (κ1) is 26.1. The molecule has 4 atom stereocenters. The zero-order chi connectivity index (χ0) is 27.3. The summed E-state index contributed by atoms with van der Waals surface area (Å²) in [5, 5.41) is 9.64. The van der Waals surface area contributed by atoms with E-state index in [0.29, 0.717) is 56.9 Å². The van der Waals surface area contributed by atoms with Crippen LogP contribution in [0.3, 0.4) is 0 Å². The number of hydrogen-bond donors (Lipinski definition) is 1. The topological polar surface area (TPSA) is 100 Å². The average Bonchev–Trinajstić information content (AvgIpc) is 3.73. The van der Waals surface area contributed by atoms with Crippen molar-refractivity contribution in [2.24, 2.45) is 11.8 Å². The predicted octanol–water partition coefficient (Wildman–Crippen LogP) is 5.42. The number of carboxylic acid groups (broad SMARTS) is 1. The minimum Gasteiger partial charge on any atom is -0.496 e. The van der Waals surface area contributed by atoms with E-state index in [0.717, 1.165) is 19.3 Å². The molecule has 1 N–H and O–H groups in total. The zero-order valence-corrected chi connectivity index (χ0v) is 23.3. The summed E-state index contributed by atoms with van der Waals surface area (Å²) < 4.78 is 12.1. The maximum absolute atomic E-state index is 13.5. The Morgan fingerprint density at radius 1 is 1.15 bits per heavy atom. The molecule has 4 aliphatic rings. The second-order valence-corrected chi connectivity index (χ2v) is 12.4. The fraction of sp³-hybridized carbons (Fsp3) is 0.448. The number of carbonyl (C=O) groups excluding carboxylic acids is 2. The fourth-order valence-corrected chi connectivity index (χ4v) is 7.98. The van der Waals surface area contributed by atoms with Gasteiger partial charge in [-0.05, 0) is 80.7 Å². The Labute approximate surface area is 236 Å². The molecule has 2 aromatic rings. The van der Waals surface area contributed by atoms with Gasteiger partial charge in [0.2, 0.25) is 0 Å². The number of benzene rings is 1. The Morgan fingerprint density at radius 2 is 2.00 bits per heavy atom. The summed E-state index contributed by atoms with van der Waals surface area (Å²) in [6.45, 7) is 0.383. The lowest BCUT2D eigenvalue weighted by atomic mass is 9.94. The summed E-state index contributed by atoms with van der Waals surface area (Å²) in [5.41, 5.74) is 0.935. The Morgan fingerprint density at radius 3 is 2.72 bits per heavy atom. The summed E-state index contributed by atoms with van der Waals surface area (Å²) in [6, 6.07) is 8.09. The SMILES string of the molecule is COc1ccc(-c2ccc(C=C3SC(=S)N(C4C[C@@H]5CC[C@H]4C5)C3=O)o2)cc1C(=O)N1CCCCC1C(=O)O. The van der Waals surface area contributed by atoms with E-state index in [-0.39, 0.29) is 23.4 Å². The van der Waals surface area contributed by atoms with Crippen LogP contribution in [0.15, 0.2) is 39.7 Å². The molecule has 204 valence electrons. The Balaban J connectivity index is 1.24. The van der Waals surface area contributed by atoms with Gasteiger partial charge in [0.15, 0.2) is 0 Å². The van der Waals surface area contributed by atoms with Gasteiger partial charge in [-0.25, -0.2) is 4.79 Å². The van der Waals surface area contributed by atoms with Crippen LogP contribution in [0, 0.1) is 11.8 Å². The van der Waals surface area contributed by atoms with Crippen LogP contribution in [0.1, 0.15) is 61.1 Å². The standard InChI is InChI=1S/C29H30N2O6S2/c1-36-24-9-7-18(14-20(24)26(32)30-11-3-2-4-21(30)28(34)35)23-10-8-19(37-23)15-25-27(33)31(29(38)39-25)22-13-16-5-6-17(22)12-16/h7-10,14-17,21-22H,2-6,11-13H2,1H3,(H,34,35)/t16-,17+,21?,22?/m1/s1. The van der Waals surface area contributed by atoms with Crippen molar-refractivity contribution in [2.75, 3.05) is 13.7 Å². The van der Waals surface area contributed by atoms with Gasteiger partial charge in [-0.1, -0.05) is 30.4 Å². The van der Waals surface area contributed by atoms with E-state index in [9.17, 15) is 19.5 Å². The fourth-order valence-electron chi connectivity index (χ4n) is 6.62. The van der Waals surface area contributed by atoms with E-state index in [2.05, 4.69) is 0 Å². The van der Waals surface area contributed by atoms with Gasteiger partial charge in [0, 0.05) is 24.2 Å². The summed E-state index contributed by atoms with van der Waals surface area (Å²) in [6.07, 6.45) is 8.37. The summed E-state index contributed by atoms with van der Waals surface area (Å²) in [5.74, 6) is 1.25. The molecule has 4 fully saturated rings. The third kappa shape index (κ3) is 4.78. The van der Waals surface area contributed by atoms with Crippen LogP contribution in [0.4, 0.5) is 0 Å². The van der Waals surface area contributed by atoms with Crippen molar-refractivity contribution in [3.63, 3.8) is 0 Å². The monoisotopic (exact) mass is 566 g/mol. The molecule has 6 rings (SSSR count). The number of aliphatic carboxylic acids is 1. The molecule has 0 spiro atoms. The molecule has 39 heavy (non-hydrogen) atoms. The van der Waals surface area contributed by atoms with Crippen molar-refractivity contribution < 1.29 is 28.6 Å². The number of thioether (sulfide) groups is 1. The van der Waals surface area contributed by atoms with Crippen LogP contribution < -0.4 is 4.74 Å². The number of rotatable bonds is 6. The second-order valence-electron chi connectivity index (χ2n) is 10.8. The Bertz CT molecular complexity index is 1380. The van der Waals surface area contributed by atoms with Crippen LogP contribution >= 0.6 is 24.0 Å². The van der Waals surface area contributed by atoms with Crippen LogP contribution in [0.25, 0.3) is 17.4 Å². The van der Waals surface area contributed by atoms with Gasteiger partial charge in [-0.2, -0.15) is 0 Å². The van der Waals surface area contributed by atoms with Gasteiger partial charge >= 0.3 is 5.97 Å². The Hall–Kier alpha value is -3.11. The van der Waals surface area contributed by atoms with Crippen molar-refractivity contribution in [1.29, 1.82) is 0 Å². The van der Waals surface area contributed by atoms with Gasteiger partial charge in [0.05, 0.1) is 17.6 Å². The number of ether oxygens (including phenoxy) is 1. The minimum atomic E-state index is -1.00. The van der Waals surface area contributed by atoms with Gasteiger partial charge < -0.3 is 19.2 Å². The third-order valence-electron chi connectivity index (χ3n) is 8.52. The van der Waals surface area contributed by atoms with E-state index in [4.69, 9.17) is 21.4 Å². The summed E-state index contributed by atoms with van der Waals surface area (Å²) in [7, 11) is 1.48. The number of piperidine rings is 1. The predicted molar refractivity (Wildman–Crippen MR) is 151 cm³/mol. The number of carbonyl (C=O) groups is 3. The van der Waals surface area contributed by atoms with E-state index in [1.54, 1.807) is 36.4 Å². The van der Waals surface area contributed by atoms with Crippen molar-refractivity contribution >= 4 is 52.2 Å². The molecular formula is C29H30N2O6S2. The molecule has 2 saturated carbocycles. The highest BCUT2D eigenvalue weighted by Gasteiger charge is 2.48. The van der Waals surface area contributed by atoms with Gasteiger partial charge in [-0.15, -0.1) is 0 Å².